The molecule has 2 heterocycles. The molecule has 0 spiro atoms. The fourth-order valence-corrected chi connectivity index (χ4v) is 5.07. The van der Waals surface area contributed by atoms with Crippen molar-refractivity contribution in [3.8, 4) is 17.3 Å². The van der Waals surface area contributed by atoms with Gasteiger partial charge in [-0.1, -0.05) is 30.3 Å². The van der Waals surface area contributed by atoms with Gasteiger partial charge in [-0.15, -0.1) is 0 Å². The third kappa shape index (κ3) is 4.47. The summed E-state index contributed by atoms with van der Waals surface area (Å²) in [4.78, 5) is 15.8. The monoisotopic (exact) mass is 507 g/mol. The first-order valence-electron chi connectivity index (χ1n) is 11.6. The second-order valence-electron chi connectivity index (χ2n) is 8.86. The Bertz CT molecular complexity index is 1560. The average Bonchev–Trinajstić information content (AvgIpc) is 3.19. The molecule has 0 bridgehead atoms. The molecule has 0 radical (unpaired) electrons. The summed E-state index contributed by atoms with van der Waals surface area (Å²) in [5.74, 6) is -0.216. The fourth-order valence-electron chi connectivity index (χ4n) is 4.43. The van der Waals surface area contributed by atoms with Crippen LogP contribution in [0.4, 0.5) is 4.39 Å². The molecule has 1 aliphatic heterocycles. The Morgan fingerprint density at radius 1 is 1.00 bits per heavy atom. The van der Waals surface area contributed by atoms with Gasteiger partial charge in [-0.05, 0) is 42.8 Å². The number of halogens is 1. The SMILES string of the molecule is Cc1ccc(F)cc1Oc1c(C(=O)N2CCNCC2)c2ccc(S(C)(=O)=O)cc2n1-c1ccccc1. The minimum Gasteiger partial charge on any atom is -0.439 e. The first kappa shape index (κ1) is 24.0. The summed E-state index contributed by atoms with van der Waals surface area (Å²) in [6.07, 6.45) is 1.14. The quantitative estimate of drug-likeness (QED) is 0.435. The molecule has 1 aliphatic rings. The number of fused-ring (bicyclic) bond motifs is 1. The van der Waals surface area contributed by atoms with Crippen molar-refractivity contribution < 1.29 is 22.3 Å². The van der Waals surface area contributed by atoms with Crippen LogP contribution >= 0.6 is 0 Å². The summed E-state index contributed by atoms with van der Waals surface area (Å²) in [5, 5.41) is 3.80. The number of aromatic nitrogens is 1. The van der Waals surface area contributed by atoms with Crippen LogP contribution in [0.25, 0.3) is 16.6 Å². The summed E-state index contributed by atoms with van der Waals surface area (Å²) in [6, 6.07) is 18.2. The zero-order valence-corrected chi connectivity index (χ0v) is 20.8. The molecule has 7 nitrogen and oxygen atoms in total. The number of sulfone groups is 1. The second kappa shape index (κ2) is 9.40. The lowest BCUT2D eigenvalue weighted by Gasteiger charge is -2.27. The number of nitrogens with zero attached hydrogens (tertiary/aromatic N) is 2. The van der Waals surface area contributed by atoms with Gasteiger partial charge in [0.2, 0.25) is 5.88 Å². The lowest BCUT2D eigenvalue weighted by molar-refractivity contribution is 0.0735. The lowest BCUT2D eigenvalue weighted by atomic mass is 10.1. The number of aryl methyl sites for hydroxylation is 1. The van der Waals surface area contributed by atoms with E-state index >= 15 is 0 Å². The van der Waals surface area contributed by atoms with E-state index in [-0.39, 0.29) is 22.4 Å². The first-order chi connectivity index (χ1) is 17.2. The van der Waals surface area contributed by atoms with Crippen LogP contribution in [-0.4, -0.2) is 56.2 Å². The maximum absolute atomic E-state index is 14.2. The Morgan fingerprint density at radius 2 is 1.72 bits per heavy atom. The van der Waals surface area contributed by atoms with Crippen molar-refractivity contribution in [3.05, 3.63) is 83.7 Å². The second-order valence-corrected chi connectivity index (χ2v) is 10.9. The number of hydrogen-bond donors (Lipinski definition) is 1. The number of hydrogen-bond acceptors (Lipinski definition) is 5. The van der Waals surface area contributed by atoms with E-state index in [1.165, 1.54) is 18.2 Å². The van der Waals surface area contributed by atoms with E-state index in [4.69, 9.17) is 4.74 Å². The minimum atomic E-state index is -3.52. The first-order valence-corrected chi connectivity index (χ1v) is 13.5. The zero-order valence-electron chi connectivity index (χ0n) is 20.0. The Labute approximate surface area is 209 Å². The van der Waals surface area contributed by atoms with Gasteiger partial charge in [0.05, 0.1) is 10.4 Å². The number of amides is 1. The topological polar surface area (TPSA) is 80.6 Å². The summed E-state index contributed by atoms with van der Waals surface area (Å²) < 4.78 is 47.1. The molecule has 1 amide bonds. The van der Waals surface area contributed by atoms with Crippen molar-refractivity contribution in [1.82, 2.24) is 14.8 Å². The number of piperazine rings is 1. The highest BCUT2D eigenvalue weighted by Crippen LogP contribution is 2.40. The van der Waals surface area contributed by atoms with E-state index < -0.39 is 15.7 Å². The number of carbonyl (C=O) groups is 1. The molecule has 0 unspecified atom stereocenters. The van der Waals surface area contributed by atoms with Crippen molar-refractivity contribution in [2.75, 3.05) is 32.4 Å². The van der Waals surface area contributed by atoms with Crippen LogP contribution in [0.5, 0.6) is 11.6 Å². The third-order valence-electron chi connectivity index (χ3n) is 6.31. The van der Waals surface area contributed by atoms with Crippen LogP contribution in [-0.2, 0) is 9.84 Å². The number of benzene rings is 3. The van der Waals surface area contributed by atoms with Crippen molar-refractivity contribution in [3.63, 3.8) is 0 Å². The molecule has 9 heteroatoms. The molecular formula is C27H26FN3O4S. The predicted molar refractivity (Wildman–Crippen MR) is 136 cm³/mol. The molecule has 3 aromatic carbocycles. The molecule has 36 heavy (non-hydrogen) atoms. The summed E-state index contributed by atoms with van der Waals surface area (Å²) in [5.41, 5.74) is 2.18. The number of rotatable bonds is 5. The van der Waals surface area contributed by atoms with Crippen molar-refractivity contribution in [2.45, 2.75) is 11.8 Å². The molecule has 1 fully saturated rings. The van der Waals surface area contributed by atoms with E-state index in [9.17, 15) is 17.6 Å². The van der Waals surface area contributed by atoms with Gasteiger partial charge in [0.15, 0.2) is 9.84 Å². The van der Waals surface area contributed by atoms with E-state index in [1.54, 1.807) is 34.6 Å². The Balaban J connectivity index is 1.83. The van der Waals surface area contributed by atoms with Gasteiger partial charge in [-0.25, -0.2) is 12.8 Å². The van der Waals surface area contributed by atoms with Gasteiger partial charge in [0.25, 0.3) is 5.91 Å². The molecule has 1 aromatic heterocycles. The van der Waals surface area contributed by atoms with Gasteiger partial charge in [0.1, 0.15) is 17.1 Å². The Kier molecular flexibility index (Phi) is 6.27. The summed E-state index contributed by atoms with van der Waals surface area (Å²) in [6.45, 7) is 4.18. The number of nitrogens with one attached hydrogen (secondary N) is 1. The van der Waals surface area contributed by atoms with Gasteiger partial charge in [-0.2, -0.15) is 0 Å². The predicted octanol–water partition coefficient (Wildman–Crippen LogP) is 4.32. The molecule has 0 aliphatic carbocycles. The Morgan fingerprint density at radius 3 is 2.42 bits per heavy atom. The van der Waals surface area contributed by atoms with Crippen LogP contribution in [0, 0.1) is 12.7 Å². The van der Waals surface area contributed by atoms with Crippen LogP contribution in [0.2, 0.25) is 0 Å². The highest BCUT2D eigenvalue weighted by atomic mass is 32.2. The van der Waals surface area contributed by atoms with Crippen molar-refractivity contribution >= 4 is 26.6 Å². The summed E-state index contributed by atoms with van der Waals surface area (Å²) in [7, 11) is -3.52. The number of carbonyl (C=O) groups excluding carboxylic acids is 1. The standard InChI is InChI=1S/C27H26FN3O4S/c1-18-8-9-19(28)16-24(18)35-27-25(26(32)30-14-12-29-13-15-30)22-11-10-21(36(2,33)34)17-23(22)31(27)20-6-4-3-5-7-20/h3-11,16-17,29H,12-15H2,1-2H3. The highest BCUT2D eigenvalue weighted by Gasteiger charge is 2.30. The molecule has 1 saturated heterocycles. The number of ether oxygens (including phenoxy) is 1. The normalized spacial score (nSPS) is 14.2. The largest absolute Gasteiger partial charge is 0.439 e. The average molecular weight is 508 g/mol. The smallest absolute Gasteiger partial charge is 0.260 e. The van der Waals surface area contributed by atoms with Gasteiger partial charge in [-0.3, -0.25) is 9.36 Å². The maximum Gasteiger partial charge on any atom is 0.260 e. The molecule has 5 rings (SSSR count). The van der Waals surface area contributed by atoms with E-state index in [0.717, 1.165) is 6.26 Å². The minimum absolute atomic E-state index is 0.124. The van der Waals surface area contributed by atoms with Crippen LogP contribution in [0.15, 0.2) is 71.6 Å². The van der Waals surface area contributed by atoms with E-state index in [0.29, 0.717) is 53.9 Å². The van der Waals surface area contributed by atoms with Crippen LogP contribution in [0.1, 0.15) is 15.9 Å². The van der Waals surface area contributed by atoms with Crippen molar-refractivity contribution in [1.29, 1.82) is 0 Å². The van der Waals surface area contributed by atoms with E-state index in [1.807, 2.05) is 30.3 Å². The summed E-state index contributed by atoms with van der Waals surface area (Å²) >= 11 is 0. The molecule has 1 N–H and O–H groups in total. The molecular weight excluding hydrogens is 481 g/mol. The van der Waals surface area contributed by atoms with Crippen LogP contribution in [0.3, 0.4) is 0 Å². The third-order valence-corrected chi connectivity index (χ3v) is 7.42. The molecule has 0 atom stereocenters. The number of para-hydroxylation sites is 1. The lowest BCUT2D eigenvalue weighted by Crippen LogP contribution is -2.46. The molecule has 4 aromatic rings. The van der Waals surface area contributed by atoms with Gasteiger partial charge < -0.3 is 15.0 Å². The fraction of sp³-hybridized carbons (Fsp3) is 0.222. The zero-order chi connectivity index (χ0) is 25.4. The van der Waals surface area contributed by atoms with Gasteiger partial charge in [0, 0.05) is 49.6 Å². The molecule has 186 valence electrons. The highest BCUT2D eigenvalue weighted by molar-refractivity contribution is 7.90. The van der Waals surface area contributed by atoms with Gasteiger partial charge >= 0.3 is 0 Å². The molecule has 0 saturated carbocycles. The maximum atomic E-state index is 14.2. The van der Waals surface area contributed by atoms with Crippen molar-refractivity contribution in [2.24, 2.45) is 0 Å². The van der Waals surface area contributed by atoms with E-state index in [2.05, 4.69) is 5.32 Å². The Hall–Kier alpha value is -3.69. The van der Waals surface area contributed by atoms with Crippen LogP contribution < -0.4 is 10.1 Å².